The Morgan fingerprint density at radius 1 is 1.00 bits per heavy atom. The van der Waals surface area contributed by atoms with Crippen molar-refractivity contribution in [2.75, 3.05) is 0 Å². The van der Waals surface area contributed by atoms with Crippen molar-refractivity contribution in [1.82, 2.24) is 4.98 Å². The summed E-state index contributed by atoms with van der Waals surface area (Å²) in [4.78, 5) is 4.67. The maximum Gasteiger partial charge on any atom is 0.129 e. The molecule has 0 fully saturated rings. The molecule has 0 spiro atoms. The molecule has 1 aromatic heterocycles. The molecule has 0 aliphatic heterocycles. The van der Waals surface area contributed by atoms with Crippen molar-refractivity contribution in [2.24, 2.45) is 0 Å². The highest BCUT2D eigenvalue weighted by molar-refractivity contribution is 5.66. The topological polar surface area (TPSA) is 22.1 Å². The number of hydrogen-bond acceptors (Lipinski definition) is 2. The molecule has 0 aliphatic carbocycles. The molecule has 2 nitrogen and oxygen atoms in total. The zero-order chi connectivity index (χ0) is 18.5. The van der Waals surface area contributed by atoms with E-state index in [-0.39, 0.29) is 12.4 Å². The van der Waals surface area contributed by atoms with Gasteiger partial charge in [-0.1, -0.05) is 37.6 Å². The van der Waals surface area contributed by atoms with E-state index in [0.717, 1.165) is 46.7 Å². The lowest BCUT2D eigenvalue weighted by molar-refractivity contribution is 0.299. The van der Waals surface area contributed by atoms with Gasteiger partial charge in [0.1, 0.15) is 18.2 Å². The van der Waals surface area contributed by atoms with Gasteiger partial charge >= 0.3 is 0 Å². The number of aromatic nitrogens is 1. The zero-order valence-electron chi connectivity index (χ0n) is 15.6. The molecule has 0 saturated heterocycles. The van der Waals surface area contributed by atoms with Crippen molar-refractivity contribution in [2.45, 2.75) is 40.2 Å². The predicted octanol–water partition coefficient (Wildman–Crippen LogP) is 6.04. The van der Waals surface area contributed by atoms with Crippen LogP contribution in [0.25, 0.3) is 11.1 Å². The number of pyridine rings is 1. The van der Waals surface area contributed by atoms with E-state index in [1.165, 1.54) is 6.07 Å². The van der Waals surface area contributed by atoms with Crippen molar-refractivity contribution < 1.29 is 9.13 Å². The van der Waals surface area contributed by atoms with Gasteiger partial charge in [-0.2, -0.15) is 0 Å². The Balaban J connectivity index is 1.83. The van der Waals surface area contributed by atoms with E-state index >= 15 is 0 Å². The second-order valence-corrected chi connectivity index (χ2v) is 6.60. The number of benzene rings is 2. The minimum Gasteiger partial charge on any atom is -0.489 e. The third kappa shape index (κ3) is 4.29. The van der Waals surface area contributed by atoms with Crippen LogP contribution in [0.4, 0.5) is 4.39 Å². The van der Waals surface area contributed by atoms with Gasteiger partial charge in [0.25, 0.3) is 0 Å². The minimum atomic E-state index is -0.255. The normalized spacial score (nSPS) is 10.8. The van der Waals surface area contributed by atoms with Gasteiger partial charge in [-0.05, 0) is 61.7 Å². The quantitative estimate of drug-likeness (QED) is 0.541. The van der Waals surface area contributed by atoms with Crippen LogP contribution in [0.5, 0.6) is 5.75 Å². The third-order valence-electron chi connectivity index (χ3n) is 4.39. The van der Waals surface area contributed by atoms with Crippen LogP contribution in [0.3, 0.4) is 0 Å². The standard InChI is InChI=1S/C23H24FNO/c1-4-6-20-10-11-22(17(3)25-20)18-9-12-23(24)19(14-18)15-26-21-8-5-7-16(2)13-21/h5,7-14H,4,6,15H2,1-3H3. The molecule has 0 unspecified atom stereocenters. The van der Waals surface area contributed by atoms with Crippen LogP contribution in [-0.4, -0.2) is 4.98 Å². The second-order valence-electron chi connectivity index (χ2n) is 6.60. The molecule has 0 saturated carbocycles. The fraction of sp³-hybridized carbons (Fsp3) is 0.261. The van der Waals surface area contributed by atoms with Gasteiger partial charge in [0, 0.05) is 22.5 Å². The molecule has 3 heteroatoms. The molecule has 3 aromatic rings. The first kappa shape index (κ1) is 18.1. The van der Waals surface area contributed by atoms with E-state index in [1.54, 1.807) is 6.07 Å². The Bertz CT molecular complexity index is 904. The number of rotatable bonds is 6. The maximum absolute atomic E-state index is 14.2. The Morgan fingerprint density at radius 3 is 2.58 bits per heavy atom. The van der Waals surface area contributed by atoms with E-state index < -0.39 is 0 Å². The summed E-state index contributed by atoms with van der Waals surface area (Å²) < 4.78 is 20.0. The van der Waals surface area contributed by atoms with Crippen molar-refractivity contribution in [3.63, 3.8) is 0 Å². The lowest BCUT2D eigenvalue weighted by Crippen LogP contribution is -2.00. The molecule has 1 heterocycles. The highest BCUT2D eigenvalue weighted by Crippen LogP contribution is 2.26. The lowest BCUT2D eigenvalue weighted by Gasteiger charge is -2.12. The molecule has 26 heavy (non-hydrogen) atoms. The van der Waals surface area contributed by atoms with Gasteiger partial charge in [-0.3, -0.25) is 4.98 Å². The van der Waals surface area contributed by atoms with Gasteiger partial charge in [0.05, 0.1) is 0 Å². The molecular weight excluding hydrogens is 325 g/mol. The Labute approximate surface area is 154 Å². The summed E-state index contributed by atoms with van der Waals surface area (Å²) in [6, 6.07) is 17.1. The molecule has 0 aliphatic rings. The van der Waals surface area contributed by atoms with Crippen LogP contribution in [-0.2, 0) is 13.0 Å². The number of aryl methyl sites for hydroxylation is 3. The average Bonchev–Trinajstić information content (AvgIpc) is 2.62. The maximum atomic E-state index is 14.2. The molecule has 0 radical (unpaired) electrons. The number of ether oxygens (including phenoxy) is 1. The van der Waals surface area contributed by atoms with E-state index in [0.29, 0.717) is 5.56 Å². The smallest absolute Gasteiger partial charge is 0.129 e. The van der Waals surface area contributed by atoms with Crippen molar-refractivity contribution >= 4 is 0 Å². The first-order chi connectivity index (χ1) is 12.6. The van der Waals surface area contributed by atoms with Gasteiger partial charge in [-0.15, -0.1) is 0 Å². The van der Waals surface area contributed by atoms with Crippen LogP contribution in [0, 0.1) is 19.7 Å². The van der Waals surface area contributed by atoms with Gasteiger partial charge in [-0.25, -0.2) is 4.39 Å². The van der Waals surface area contributed by atoms with Gasteiger partial charge < -0.3 is 4.74 Å². The molecule has 2 aromatic carbocycles. The fourth-order valence-corrected chi connectivity index (χ4v) is 3.03. The number of halogens is 1. The molecule has 0 atom stereocenters. The van der Waals surface area contributed by atoms with E-state index in [1.807, 2.05) is 44.2 Å². The van der Waals surface area contributed by atoms with Crippen LogP contribution in [0.2, 0.25) is 0 Å². The Kier molecular flexibility index (Phi) is 5.67. The number of nitrogens with zero attached hydrogens (tertiary/aromatic N) is 1. The van der Waals surface area contributed by atoms with Crippen molar-refractivity contribution in [3.8, 4) is 16.9 Å². The third-order valence-corrected chi connectivity index (χ3v) is 4.39. The monoisotopic (exact) mass is 349 g/mol. The Morgan fingerprint density at radius 2 is 1.85 bits per heavy atom. The average molecular weight is 349 g/mol. The Hall–Kier alpha value is -2.68. The summed E-state index contributed by atoms with van der Waals surface area (Å²) >= 11 is 0. The van der Waals surface area contributed by atoms with Crippen molar-refractivity contribution in [3.05, 3.63) is 82.9 Å². The first-order valence-electron chi connectivity index (χ1n) is 9.01. The predicted molar refractivity (Wildman–Crippen MR) is 104 cm³/mol. The SMILES string of the molecule is CCCc1ccc(-c2ccc(F)c(COc3cccc(C)c3)c2)c(C)n1. The molecule has 0 amide bonds. The van der Waals surface area contributed by atoms with Crippen LogP contribution < -0.4 is 4.74 Å². The molecule has 3 rings (SSSR count). The van der Waals surface area contributed by atoms with Gasteiger partial charge in [0.2, 0.25) is 0 Å². The molecule has 0 N–H and O–H groups in total. The number of hydrogen-bond donors (Lipinski definition) is 0. The van der Waals surface area contributed by atoms with E-state index in [4.69, 9.17) is 4.74 Å². The van der Waals surface area contributed by atoms with Crippen LogP contribution in [0.15, 0.2) is 54.6 Å². The fourth-order valence-electron chi connectivity index (χ4n) is 3.03. The molecule has 0 bridgehead atoms. The zero-order valence-corrected chi connectivity index (χ0v) is 15.6. The summed E-state index contributed by atoms with van der Waals surface area (Å²) in [7, 11) is 0. The summed E-state index contributed by atoms with van der Waals surface area (Å²) in [5, 5.41) is 0. The highest BCUT2D eigenvalue weighted by Gasteiger charge is 2.09. The first-order valence-corrected chi connectivity index (χ1v) is 9.01. The van der Waals surface area contributed by atoms with Crippen molar-refractivity contribution in [1.29, 1.82) is 0 Å². The summed E-state index contributed by atoms with van der Waals surface area (Å²) in [5.74, 6) is 0.492. The van der Waals surface area contributed by atoms with E-state index in [2.05, 4.69) is 24.0 Å². The summed E-state index contributed by atoms with van der Waals surface area (Å²) in [6.45, 7) is 6.35. The second kappa shape index (κ2) is 8.13. The van der Waals surface area contributed by atoms with Gasteiger partial charge in [0.15, 0.2) is 0 Å². The highest BCUT2D eigenvalue weighted by atomic mass is 19.1. The van der Waals surface area contributed by atoms with Crippen LogP contribution in [0.1, 0.15) is 35.9 Å². The van der Waals surface area contributed by atoms with Crippen LogP contribution >= 0.6 is 0 Å². The minimum absolute atomic E-state index is 0.198. The molecular formula is C23H24FNO. The molecule has 134 valence electrons. The largest absolute Gasteiger partial charge is 0.489 e. The summed E-state index contributed by atoms with van der Waals surface area (Å²) in [6.07, 6.45) is 2.04. The summed E-state index contributed by atoms with van der Waals surface area (Å²) in [5.41, 5.74) is 5.71. The van der Waals surface area contributed by atoms with E-state index in [9.17, 15) is 4.39 Å². The lowest BCUT2D eigenvalue weighted by atomic mass is 10.0.